The second-order valence-electron chi connectivity index (χ2n) is 7.34. The first-order valence-electron chi connectivity index (χ1n) is 9.08. The van der Waals surface area contributed by atoms with Gasteiger partial charge in [0.2, 0.25) is 5.91 Å². The number of nitrogens with zero attached hydrogens (tertiary/aromatic N) is 1. The van der Waals surface area contributed by atoms with E-state index in [1.807, 2.05) is 42.5 Å². The van der Waals surface area contributed by atoms with E-state index < -0.39 is 11.9 Å². The molecule has 0 unspecified atom stereocenters. The summed E-state index contributed by atoms with van der Waals surface area (Å²) in [6.45, 7) is 5.26. The van der Waals surface area contributed by atoms with E-state index in [0.717, 1.165) is 16.3 Å². The minimum absolute atomic E-state index is 0.0522. The zero-order valence-corrected chi connectivity index (χ0v) is 15.2. The number of carbonyl (C=O) groups excluding carboxylic acids is 1. The lowest BCUT2D eigenvalue weighted by atomic mass is 9.92. The predicted octanol–water partition coefficient (Wildman–Crippen LogP) is 3.52. The molecule has 1 amide bonds. The lowest BCUT2D eigenvalue weighted by Gasteiger charge is -2.19. The molecule has 3 rings (SSSR count). The number of hydroxylamine groups is 2. The van der Waals surface area contributed by atoms with Gasteiger partial charge in [-0.05, 0) is 28.7 Å². The van der Waals surface area contributed by atoms with E-state index in [-0.39, 0.29) is 12.3 Å². The molecule has 0 saturated carbocycles. The Balaban J connectivity index is 1.72. The Morgan fingerprint density at radius 3 is 2.62 bits per heavy atom. The molecule has 0 aliphatic carbocycles. The van der Waals surface area contributed by atoms with Crippen LogP contribution in [0.25, 0.3) is 10.8 Å². The van der Waals surface area contributed by atoms with E-state index in [2.05, 4.69) is 13.8 Å². The normalized spacial score (nSPS) is 18.4. The maximum absolute atomic E-state index is 12.5. The Morgan fingerprint density at radius 1 is 1.19 bits per heavy atom. The number of aliphatic carboxylic acids is 1. The lowest BCUT2D eigenvalue weighted by Crippen LogP contribution is -2.32. The molecule has 1 N–H and O–H groups in total. The first-order valence-corrected chi connectivity index (χ1v) is 9.08. The third-order valence-electron chi connectivity index (χ3n) is 5.18. The largest absolute Gasteiger partial charge is 0.481 e. The Kier molecular flexibility index (Phi) is 5.57. The lowest BCUT2D eigenvalue weighted by molar-refractivity contribution is -0.171. The van der Waals surface area contributed by atoms with Gasteiger partial charge in [-0.3, -0.25) is 14.4 Å². The van der Waals surface area contributed by atoms with Crippen molar-refractivity contribution >= 4 is 22.6 Å². The molecule has 1 saturated heterocycles. The number of carboxylic acid groups (broad SMARTS) is 1. The van der Waals surface area contributed by atoms with Crippen LogP contribution in [0.4, 0.5) is 0 Å². The molecule has 5 nitrogen and oxygen atoms in total. The maximum Gasteiger partial charge on any atom is 0.307 e. The molecular weight excluding hydrogens is 330 g/mol. The molecule has 2 aromatic carbocycles. The number of hydrogen-bond acceptors (Lipinski definition) is 3. The molecule has 2 atom stereocenters. The molecule has 26 heavy (non-hydrogen) atoms. The van der Waals surface area contributed by atoms with Gasteiger partial charge in [-0.1, -0.05) is 56.3 Å². The summed E-state index contributed by atoms with van der Waals surface area (Å²) in [6, 6.07) is 13.8. The summed E-state index contributed by atoms with van der Waals surface area (Å²) in [7, 11) is 0. The van der Waals surface area contributed by atoms with Crippen molar-refractivity contribution in [2.24, 2.45) is 17.8 Å². The van der Waals surface area contributed by atoms with Crippen molar-refractivity contribution in [1.29, 1.82) is 0 Å². The summed E-state index contributed by atoms with van der Waals surface area (Å²) < 4.78 is 0. The Labute approximate surface area is 153 Å². The van der Waals surface area contributed by atoms with Crippen molar-refractivity contribution in [3.05, 3.63) is 48.0 Å². The summed E-state index contributed by atoms with van der Waals surface area (Å²) in [4.78, 5) is 29.8. The summed E-state index contributed by atoms with van der Waals surface area (Å²) in [5, 5.41) is 13.1. The van der Waals surface area contributed by atoms with E-state index in [4.69, 9.17) is 4.84 Å². The molecule has 0 spiro atoms. The number of rotatable bonds is 6. The van der Waals surface area contributed by atoms with E-state index >= 15 is 0 Å². The average molecular weight is 355 g/mol. The molecule has 0 radical (unpaired) electrons. The van der Waals surface area contributed by atoms with Crippen molar-refractivity contribution in [2.45, 2.75) is 26.7 Å². The highest BCUT2D eigenvalue weighted by molar-refractivity contribution is 5.87. The van der Waals surface area contributed by atoms with Gasteiger partial charge in [0, 0.05) is 12.3 Å². The first kappa shape index (κ1) is 18.4. The predicted molar refractivity (Wildman–Crippen MR) is 99.4 cm³/mol. The molecule has 2 aromatic rings. The van der Waals surface area contributed by atoms with Gasteiger partial charge in [0.1, 0.15) is 0 Å². The zero-order valence-electron chi connectivity index (χ0n) is 15.2. The van der Waals surface area contributed by atoms with Crippen LogP contribution in [0.2, 0.25) is 0 Å². The number of carbonyl (C=O) groups is 2. The van der Waals surface area contributed by atoms with Crippen molar-refractivity contribution in [3.63, 3.8) is 0 Å². The van der Waals surface area contributed by atoms with Crippen LogP contribution in [-0.4, -0.2) is 35.2 Å². The number of hydrogen-bond donors (Lipinski definition) is 1. The fraction of sp³-hybridized carbons (Fsp3) is 0.429. The van der Waals surface area contributed by atoms with Crippen molar-refractivity contribution in [2.75, 3.05) is 13.2 Å². The van der Waals surface area contributed by atoms with E-state index in [1.165, 1.54) is 5.06 Å². The second-order valence-corrected chi connectivity index (χ2v) is 7.34. The van der Waals surface area contributed by atoms with Gasteiger partial charge in [-0.25, -0.2) is 5.06 Å². The van der Waals surface area contributed by atoms with Gasteiger partial charge in [0.05, 0.1) is 19.1 Å². The van der Waals surface area contributed by atoms with Crippen LogP contribution in [0.5, 0.6) is 0 Å². The Morgan fingerprint density at radius 2 is 1.92 bits per heavy atom. The number of carboxylic acids is 1. The van der Waals surface area contributed by atoms with Crippen molar-refractivity contribution in [3.8, 4) is 0 Å². The van der Waals surface area contributed by atoms with Crippen LogP contribution in [0.15, 0.2) is 42.5 Å². The third kappa shape index (κ3) is 4.05. The standard InChI is InChI=1S/C21H25NO4/c1-14(2)18-12-22(26-13-18)20(23)11-17(21(24)25)10-16-8-5-7-15-6-3-4-9-19(15)16/h3-9,14,17-18H,10-13H2,1-2H3,(H,24,25)/t17-,18+/m1/s1. The molecule has 0 bridgehead atoms. The third-order valence-corrected chi connectivity index (χ3v) is 5.18. The highest BCUT2D eigenvalue weighted by atomic mass is 16.7. The van der Waals surface area contributed by atoms with Crippen LogP contribution < -0.4 is 0 Å². The monoisotopic (exact) mass is 355 g/mol. The topological polar surface area (TPSA) is 66.8 Å². The fourth-order valence-electron chi connectivity index (χ4n) is 3.38. The minimum Gasteiger partial charge on any atom is -0.481 e. The van der Waals surface area contributed by atoms with E-state index in [0.29, 0.717) is 31.4 Å². The van der Waals surface area contributed by atoms with Gasteiger partial charge in [-0.2, -0.15) is 0 Å². The molecule has 1 aliphatic heterocycles. The maximum atomic E-state index is 12.5. The summed E-state index contributed by atoms with van der Waals surface area (Å²) in [6.07, 6.45) is 0.271. The molecule has 1 fully saturated rings. The summed E-state index contributed by atoms with van der Waals surface area (Å²) in [5.41, 5.74) is 0.950. The molecule has 0 aromatic heterocycles. The van der Waals surface area contributed by atoms with E-state index in [1.54, 1.807) is 0 Å². The minimum atomic E-state index is -0.953. The van der Waals surface area contributed by atoms with E-state index in [9.17, 15) is 14.7 Å². The Bertz CT molecular complexity index is 796. The molecular formula is C21H25NO4. The number of benzene rings is 2. The zero-order chi connectivity index (χ0) is 18.7. The van der Waals surface area contributed by atoms with Gasteiger partial charge >= 0.3 is 5.97 Å². The average Bonchev–Trinajstić information content (AvgIpc) is 3.12. The van der Waals surface area contributed by atoms with Crippen LogP contribution in [0.1, 0.15) is 25.8 Å². The van der Waals surface area contributed by atoms with Crippen LogP contribution in [0, 0.1) is 17.8 Å². The van der Waals surface area contributed by atoms with Gasteiger partial charge in [0.25, 0.3) is 0 Å². The smallest absolute Gasteiger partial charge is 0.307 e. The molecule has 1 aliphatic rings. The second kappa shape index (κ2) is 7.87. The molecule has 5 heteroatoms. The van der Waals surface area contributed by atoms with Gasteiger partial charge in [-0.15, -0.1) is 0 Å². The van der Waals surface area contributed by atoms with Crippen LogP contribution >= 0.6 is 0 Å². The first-order chi connectivity index (χ1) is 12.5. The summed E-state index contributed by atoms with van der Waals surface area (Å²) in [5.74, 6) is -1.24. The fourth-order valence-corrected chi connectivity index (χ4v) is 3.38. The molecule has 138 valence electrons. The van der Waals surface area contributed by atoms with Gasteiger partial charge in [0.15, 0.2) is 0 Å². The van der Waals surface area contributed by atoms with Crippen LogP contribution in [-0.2, 0) is 20.8 Å². The highest BCUT2D eigenvalue weighted by Gasteiger charge is 2.32. The SMILES string of the molecule is CC(C)[C@@H]1CON(C(=O)C[C@@H](Cc2cccc3ccccc23)C(=O)O)C1. The Hall–Kier alpha value is -2.40. The van der Waals surface area contributed by atoms with Gasteiger partial charge < -0.3 is 5.11 Å². The van der Waals surface area contributed by atoms with Crippen molar-refractivity contribution < 1.29 is 19.5 Å². The van der Waals surface area contributed by atoms with Crippen LogP contribution in [0.3, 0.4) is 0 Å². The summed E-state index contributed by atoms with van der Waals surface area (Å²) >= 11 is 0. The highest BCUT2D eigenvalue weighted by Crippen LogP contribution is 2.25. The number of fused-ring (bicyclic) bond motifs is 1. The number of amides is 1. The van der Waals surface area contributed by atoms with Crippen molar-refractivity contribution in [1.82, 2.24) is 5.06 Å². The quantitative estimate of drug-likeness (QED) is 0.861. The molecule has 1 heterocycles.